The van der Waals surface area contributed by atoms with E-state index in [9.17, 15) is 13.6 Å². The van der Waals surface area contributed by atoms with Crippen LogP contribution in [0.15, 0.2) is 18.2 Å². The molecular weight excluding hydrogens is 302 g/mol. The first-order valence-corrected chi connectivity index (χ1v) is 6.59. The molecule has 1 heterocycles. The predicted molar refractivity (Wildman–Crippen MR) is 79.5 cm³/mol. The monoisotopic (exact) mass is 320 g/mol. The van der Waals surface area contributed by atoms with E-state index >= 15 is 0 Å². The van der Waals surface area contributed by atoms with Gasteiger partial charge in [0.1, 0.15) is 12.4 Å². The van der Waals surface area contributed by atoms with Gasteiger partial charge in [-0.3, -0.25) is 4.79 Å². The normalized spacial score (nSPS) is 17.4. The maximum Gasteiger partial charge on any atom is 0.272 e. The molecule has 0 spiro atoms. The molecule has 1 aromatic carbocycles. The molecule has 4 nitrogen and oxygen atoms in total. The Hall–Kier alpha value is -1.40. The van der Waals surface area contributed by atoms with Crippen molar-refractivity contribution in [2.24, 2.45) is 5.92 Å². The van der Waals surface area contributed by atoms with Gasteiger partial charge in [-0.15, -0.1) is 12.4 Å². The molecule has 1 saturated heterocycles. The van der Waals surface area contributed by atoms with Crippen molar-refractivity contribution in [3.8, 4) is 5.75 Å². The highest BCUT2D eigenvalue weighted by Gasteiger charge is 2.22. The number of anilines is 1. The lowest BCUT2D eigenvalue weighted by atomic mass is 10.1. The summed E-state index contributed by atoms with van der Waals surface area (Å²) in [5, 5.41) is 5.92. The number of nitrogens with one attached hydrogen (secondary N) is 2. The number of rotatable bonds is 5. The number of hydrogen-bond donors (Lipinski definition) is 2. The minimum absolute atomic E-state index is 0. The van der Waals surface area contributed by atoms with Crippen molar-refractivity contribution in [1.82, 2.24) is 5.32 Å². The molecule has 1 aromatic rings. The first kappa shape index (κ1) is 17.7. The minimum Gasteiger partial charge on any atom is -0.487 e. The Bertz CT molecular complexity index is 480. The van der Waals surface area contributed by atoms with Crippen LogP contribution in [-0.4, -0.2) is 32.0 Å². The van der Waals surface area contributed by atoms with Gasteiger partial charge in [0.2, 0.25) is 5.91 Å². The maximum atomic E-state index is 12.2. The van der Waals surface area contributed by atoms with Gasteiger partial charge >= 0.3 is 0 Å². The molecule has 1 amide bonds. The number of ether oxygens (including phenoxy) is 1. The fraction of sp³-hybridized carbons (Fsp3) is 0.500. The molecule has 2 N–H and O–H groups in total. The van der Waals surface area contributed by atoms with Gasteiger partial charge in [0, 0.05) is 18.3 Å². The highest BCUT2D eigenvalue weighted by Crippen LogP contribution is 2.24. The van der Waals surface area contributed by atoms with E-state index in [1.807, 2.05) is 0 Å². The lowest BCUT2D eigenvalue weighted by Gasteiger charge is -2.13. The van der Waals surface area contributed by atoms with Gasteiger partial charge in [-0.2, -0.15) is 0 Å². The maximum absolute atomic E-state index is 12.2. The summed E-state index contributed by atoms with van der Waals surface area (Å²) in [6.07, 6.45) is -1.70. The second-order valence-corrected chi connectivity index (χ2v) is 4.86. The first-order valence-electron chi connectivity index (χ1n) is 6.59. The number of alkyl halides is 2. The Kier molecular flexibility index (Phi) is 6.84. The van der Waals surface area contributed by atoms with Crippen molar-refractivity contribution >= 4 is 24.0 Å². The smallest absolute Gasteiger partial charge is 0.272 e. The Morgan fingerprint density at radius 2 is 2.29 bits per heavy atom. The van der Waals surface area contributed by atoms with E-state index in [1.54, 1.807) is 25.1 Å². The molecule has 0 saturated carbocycles. The SMILES string of the molecule is Cc1ccc(NC(=O)C2CCNC2)cc1OCC(F)F.Cl. The topological polar surface area (TPSA) is 50.4 Å². The summed E-state index contributed by atoms with van der Waals surface area (Å²) in [7, 11) is 0. The molecule has 1 aliphatic rings. The molecule has 2 rings (SSSR count). The summed E-state index contributed by atoms with van der Waals surface area (Å²) < 4.78 is 29.4. The molecular formula is C14H19ClF2N2O2. The third-order valence-electron chi connectivity index (χ3n) is 3.25. The lowest BCUT2D eigenvalue weighted by molar-refractivity contribution is -0.119. The standard InChI is InChI=1S/C14H18F2N2O2.ClH/c1-9-2-3-11(6-12(9)20-8-13(15)16)18-14(19)10-4-5-17-7-10;/h2-3,6,10,13,17H,4-5,7-8H2,1H3,(H,18,19);1H. The lowest BCUT2D eigenvalue weighted by Crippen LogP contribution is -2.24. The number of hydrogen-bond acceptors (Lipinski definition) is 3. The largest absolute Gasteiger partial charge is 0.487 e. The van der Waals surface area contributed by atoms with Gasteiger partial charge in [0.05, 0.1) is 5.92 Å². The molecule has 118 valence electrons. The summed E-state index contributed by atoms with van der Waals surface area (Å²) in [6, 6.07) is 5.06. The van der Waals surface area contributed by atoms with Crippen molar-refractivity contribution in [2.75, 3.05) is 25.0 Å². The molecule has 7 heteroatoms. The zero-order chi connectivity index (χ0) is 14.5. The van der Waals surface area contributed by atoms with Crippen molar-refractivity contribution < 1.29 is 18.3 Å². The highest BCUT2D eigenvalue weighted by atomic mass is 35.5. The van der Waals surface area contributed by atoms with Gasteiger partial charge in [0.25, 0.3) is 6.43 Å². The average molecular weight is 321 g/mol. The van der Waals surface area contributed by atoms with Gasteiger partial charge < -0.3 is 15.4 Å². The summed E-state index contributed by atoms with van der Waals surface area (Å²) in [5.74, 6) is 0.271. The van der Waals surface area contributed by atoms with Gasteiger partial charge in [-0.25, -0.2) is 8.78 Å². The summed E-state index contributed by atoms with van der Waals surface area (Å²) in [6.45, 7) is 2.64. The number of carbonyl (C=O) groups is 1. The van der Waals surface area contributed by atoms with Crippen LogP contribution in [0.3, 0.4) is 0 Å². The molecule has 21 heavy (non-hydrogen) atoms. The number of aryl methyl sites for hydroxylation is 1. The molecule has 1 aliphatic heterocycles. The van der Waals surface area contributed by atoms with E-state index < -0.39 is 13.0 Å². The van der Waals surface area contributed by atoms with Crippen LogP contribution in [0.25, 0.3) is 0 Å². The number of benzene rings is 1. The number of halogens is 3. The molecule has 0 radical (unpaired) electrons. The van der Waals surface area contributed by atoms with Crippen LogP contribution in [0.5, 0.6) is 5.75 Å². The van der Waals surface area contributed by atoms with Crippen LogP contribution in [0.1, 0.15) is 12.0 Å². The van der Waals surface area contributed by atoms with Crippen molar-refractivity contribution in [1.29, 1.82) is 0 Å². The van der Waals surface area contributed by atoms with Crippen LogP contribution in [0.4, 0.5) is 14.5 Å². The summed E-state index contributed by atoms with van der Waals surface area (Å²) in [4.78, 5) is 12.0. The van der Waals surface area contributed by atoms with Gasteiger partial charge in [-0.05, 0) is 31.5 Å². The van der Waals surface area contributed by atoms with Crippen LogP contribution in [-0.2, 0) is 4.79 Å². The third-order valence-corrected chi connectivity index (χ3v) is 3.25. The van der Waals surface area contributed by atoms with E-state index in [2.05, 4.69) is 10.6 Å². The molecule has 0 bridgehead atoms. The van der Waals surface area contributed by atoms with Crippen LogP contribution in [0.2, 0.25) is 0 Å². The van der Waals surface area contributed by atoms with Crippen molar-refractivity contribution in [3.05, 3.63) is 23.8 Å². The second kappa shape index (κ2) is 8.14. The third kappa shape index (κ3) is 5.13. The Morgan fingerprint density at radius 3 is 2.90 bits per heavy atom. The number of carbonyl (C=O) groups excluding carboxylic acids is 1. The molecule has 1 unspecified atom stereocenters. The predicted octanol–water partition coefficient (Wildman–Crippen LogP) is 2.61. The minimum atomic E-state index is -2.52. The van der Waals surface area contributed by atoms with E-state index in [0.717, 1.165) is 18.5 Å². The van der Waals surface area contributed by atoms with Gasteiger partial charge in [-0.1, -0.05) is 6.07 Å². The zero-order valence-corrected chi connectivity index (χ0v) is 12.5. The zero-order valence-electron chi connectivity index (χ0n) is 11.7. The quantitative estimate of drug-likeness (QED) is 0.877. The summed E-state index contributed by atoms with van der Waals surface area (Å²) >= 11 is 0. The molecule has 0 aliphatic carbocycles. The molecule has 0 aromatic heterocycles. The van der Waals surface area contributed by atoms with Crippen LogP contribution in [0, 0.1) is 12.8 Å². The molecule has 1 fully saturated rings. The van der Waals surface area contributed by atoms with Gasteiger partial charge in [0.15, 0.2) is 0 Å². The fourth-order valence-electron chi connectivity index (χ4n) is 2.11. The Labute approximate surface area is 128 Å². The van der Waals surface area contributed by atoms with E-state index in [0.29, 0.717) is 18.0 Å². The van der Waals surface area contributed by atoms with E-state index in [1.165, 1.54) is 0 Å². The first-order chi connectivity index (χ1) is 9.56. The van der Waals surface area contributed by atoms with Crippen LogP contribution >= 0.6 is 12.4 Å². The second-order valence-electron chi connectivity index (χ2n) is 4.86. The van der Waals surface area contributed by atoms with Crippen molar-refractivity contribution in [3.63, 3.8) is 0 Å². The van der Waals surface area contributed by atoms with E-state index in [4.69, 9.17) is 4.74 Å². The highest BCUT2D eigenvalue weighted by molar-refractivity contribution is 5.93. The number of amides is 1. The van der Waals surface area contributed by atoms with Crippen molar-refractivity contribution in [2.45, 2.75) is 19.8 Å². The fourth-order valence-corrected chi connectivity index (χ4v) is 2.11. The van der Waals surface area contributed by atoms with E-state index in [-0.39, 0.29) is 24.2 Å². The Morgan fingerprint density at radius 1 is 1.52 bits per heavy atom. The molecule has 1 atom stereocenters. The van der Waals surface area contributed by atoms with Crippen LogP contribution < -0.4 is 15.4 Å². The Balaban J connectivity index is 0.00000220. The average Bonchev–Trinajstić information content (AvgIpc) is 2.93. The summed E-state index contributed by atoms with van der Waals surface area (Å²) in [5.41, 5.74) is 1.32.